The Bertz CT molecular complexity index is 847. The fourth-order valence-electron chi connectivity index (χ4n) is 2.33. The number of nitrogens with zero attached hydrogens (tertiary/aromatic N) is 3. The number of hydrogen-bond acceptors (Lipinski definition) is 6. The van der Waals surface area contributed by atoms with Crippen LogP contribution in [0.15, 0.2) is 52.9 Å². The molecule has 2 heterocycles. The van der Waals surface area contributed by atoms with Crippen LogP contribution in [0, 0.1) is 0 Å². The molecule has 0 bridgehead atoms. The molecule has 0 spiro atoms. The van der Waals surface area contributed by atoms with E-state index in [4.69, 9.17) is 14.4 Å². The summed E-state index contributed by atoms with van der Waals surface area (Å²) in [6.45, 7) is 2.71. The zero-order valence-electron chi connectivity index (χ0n) is 15.1. The molecule has 0 radical (unpaired) electrons. The lowest BCUT2D eigenvalue weighted by Crippen LogP contribution is -2.10. The highest BCUT2D eigenvalue weighted by atomic mass is 19.4. The standard InChI is InChI=1S/C19H18F3N3O3/c1-13(24-28-11-14-2-5-16(6-3-14)19(20,21)22)15-4-7-18(23-10-15)26-12-17-8-9-27-25-17/h2-7,10H,8-9,11-12H2,1H3. The SMILES string of the molecule is CC(=NOCc1ccc(C(F)(F)F)cc1)c1ccc(OCC2=NOCC2)nc1. The van der Waals surface area contributed by atoms with Crippen molar-refractivity contribution < 1.29 is 27.6 Å². The molecule has 0 saturated heterocycles. The van der Waals surface area contributed by atoms with Gasteiger partial charge in [-0.05, 0) is 30.7 Å². The number of hydrogen-bond donors (Lipinski definition) is 0. The number of benzene rings is 1. The first-order valence-corrected chi connectivity index (χ1v) is 8.51. The van der Waals surface area contributed by atoms with Crippen LogP contribution in [-0.4, -0.2) is 29.6 Å². The number of alkyl halides is 3. The quantitative estimate of drug-likeness (QED) is 0.523. The van der Waals surface area contributed by atoms with Gasteiger partial charge in [-0.3, -0.25) is 0 Å². The summed E-state index contributed by atoms with van der Waals surface area (Å²) in [6.07, 6.45) is -2.00. The van der Waals surface area contributed by atoms with Crippen LogP contribution < -0.4 is 4.74 Å². The highest BCUT2D eigenvalue weighted by Crippen LogP contribution is 2.29. The molecule has 28 heavy (non-hydrogen) atoms. The Kier molecular flexibility index (Phi) is 6.13. The smallest absolute Gasteiger partial charge is 0.416 e. The van der Waals surface area contributed by atoms with Crippen molar-refractivity contribution in [2.45, 2.75) is 26.1 Å². The highest BCUT2D eigenvalue weighted by Gasteiger charge is 2.29. The van der Waals surface area contributed by atoms with Gasteiger partial charge in [0.1, 0.15) is 19.8 Å². The van der Waals surface area contributed by atoms with Crippen molar-refractivity contribution in [3.63, 3.8) is 0 Å². The lowest BCUT2D eigenvalue weighted by atomic mass is 10.1. The largest absolute Gasteiger partial charge is 0.471 e. The average molecular weight is 393 g/mol. The van der Waals surface area contributed by atoms with E-state index in [-0.39, 0.29) is 6.61 Å². The van der Waals surface area contributed by atoms with Gasteiger partial charge in [0.2, 0.25) is 5.88 Å². The van der Waals surface area contributed by atoms with E-state index in [2.05, 4.69) is 15.3 Å². The van der Waals surface area contributed by atoms with Crippen molar-refractivity contribution >= 4 is 11.4 Å². The molecule has 0 amide bonds. The van der Waals surface area contributed by atoms with E-state index in [1.165, 1.54) is 12.1 Å². The third-order valence-electron chi connectivity index (χ3n) is 3.93. The molecule has 0 atom stereocenters. The Hall–Kier alpha value is -3.10. The Morgan fingerprint density at radius 1 is 1.14 bits per heavy atom. The Morgan fingerprint density at radius 2 is 1.93 bits per heavy atom. The van der Waals surface area contributed by atoms with Crippen LogP contribution >= 0.6 is 0 Å². The minimum absolute atomic E-state index is 0.0638. The lowest BCUT2D eigenvalue weighted by molar-refractivity contribution is -0.137. The van der Waals surface area contributed by atoms with E-state index < -0.39 is 11.7 Å². The molecule has 1 aromatic heterocycles. The molecule has 0 aliphatic carbocycles. The van der Waals surface area contributed by atoms with Gasteiger partial charge in [0.05, 0.1) is 17.0 Å². The number of aromatic nitrogens is 1. The Labute approximate surface area is 159 Å². The molecular formula is C19H18F3N3O3. The number of oxime groups is 2. The van der Waals surface area contributed by atoms with E-state index in [0.717, 1.165) is 29.8 Å². The van der Waals surface area contributed by atoms with Crippen molar-refractivity contribution in [1.29, 1.82) is 0 Å². The summed E-state index contributed by atoms with van der Waals surface area (Å²) in [7, 11) is 0. The van der Waals surface area contributed by atoms with Crippen LogP contribution in [0.3, 0.4) is 0 Å². The fourth-order valence-corrected chi connectivity index (χ4v) is 2.33. The highest BCUT2D eigenvalue weighted by molar-refractivity contribution is 5.98. The Morgan fingerprint density at radius 3 is 2.54 bits per heavy atom. The third kappa shape index (κ3) is 5.45. The van der Waals surface area contributed by atoms with Gasteiger partial charge in [-0.25, -0.2) is 4.98 Å². The lowest BCUT2D eigenvalue weighted by Gasteiger charge is -2.07. The molecule has 3 rings (SSSR count). The summed E-state index contributed by atoms with van der Waals surface area (Å²) >= 11 is 0. The number of pyridine rings is 1. The molecule has 0 saturated carbocycles. The molecule has 0 N–H and O–H groups in total. The van der Waals surface area contributed by atoms with Gasteiger partial charge in [-0.15, -0.1) is 0 Å². The number of halogens is 3. The molecule has 1 aliphatic heterocycles. The molecule has 0 unspecified atom stereocenters. The molecule has 0 fully saturated rings. The van der Waals surface area contributed by atoms with E-state index >= 15 is 0 Å². The molecule has 9 heteroatoms. The first-order chi connectivity index (χ1) is 13.4. The number of rotatable bonds is 7. The predicted molar refractivity (Wildman–Crippen MR) is 96.2 cm³/mol. The second-order valence-electron chi connectivity index (χ2n) is 6.06. The van der Waals surface area contributed by atoms with Crippen LogP contribution in [0.5, 0.6) is 5.88 Å². The molecule has 6 nitrogen and oxygen atoms in total. The summed E-state index contributed by atoms with van der Waals surface area (Å²) in [6, 6.07) is 8.25. The topological polar surface area (TPSA) is 65.3 Å². The van der Waals surface area contributed by atoms with E-state index in [9.17, 15) is 13.2 Å². The van der Waals surface area contributed by atoms with Gasteiger partial charge in [0.25, 0.3) is 0 Å². The molecule has 148 valence electrons. The van der Waals surface area contributed by atoms with Gasteiger partial charge >= 0.3 is 6.18 Å². The van der Waals surface area contributed by atoms with Gasteiger partial charge in [0.15, 0.2) is 0 Å². The van der Waals surface area contributed by atoms with Gasteiger partial charge < -0.3 is 14.4 Å². The van der Waals surface area contributed by atoms with E-state index in [1.807, 2.05) is 0 Å². The van der Waals surface area contributed by atoms with Crippen molar-refractivity contribution in [2.24, 2.45) is 10.3 Å². The minimum Gasteiger partial charge on any atom is -0.471 e. The first-order valence-electron chi connectivity index (χ1n) is 8.51. The summed E-state index contributed by atoms with van der Waals surface area (Å²) < 4.78 is 43.1. The second kappa shape index (κ2) is 8.73. The van der Waals surface area contributed by atoms with Crippen LogP contribution in [0.1, 0.15) is 30.0 Å². The Balaban J connectivity index is 1.50. The van der Waals surface area contributed by atoms with E-state index in [0.29, 0.717) is 30.4 Å². The predicted octanol–water partition coefficient (Wildman–Crippen LogP) is 4.20. The minimum atomic E-state index is -4.35. The first kappa shape index (κ1) is 19.7. The van der Waals surface area contributed by atoms with Crippen molar-refractivity contribution in [3.05, 3.63) is 59.3 Å². The van der Waals surface area contributed by atoms with Crippen molar-refractivity contribution in [2.75, 3.05) is 13.2 Å². The summed E-state index contributed by atoms with van der Waals surface area (Å²) in [5.41, 5.74) is 2.04. The average Bonchev–Trinajstić information content (AvgIpc) is 3.20. The maximum Gasteiger partial charge on any atom is 0.416 e. The maximum absolute atomic E-state index is 12.5. The molecule has 1 aliphatic rings. The molecule has 1 aromatic carbocycles. The summed E-state index contributed by atoms with van der Waals surface area (Å²) in [5, 5.41) is 7.82. The normalized spacial score (nSPS) is 14.4. The molecular weight excluding hydrogens is 375 g/mol. The van der Waals surface area contributed by atoms with E-state index in [1.54, 1.807) is 25.3 Å². The maximum atomic E-state index is 12.5. The summed E-state index contributed by atoms with van der Waals surface area (Å²) in [4.78, 5) is 14.3. The zero-order valence-corrected chi connectivity index (χ0v) is 15.1. The fraction of sp³-hybridized carbons (Fsp3) is 0.316. The van der Waals surface area contributed by atoms with Crippen LogP contribution in [0.25, 0.3) is 0 Å². The summed E-state index contributed by atoms with van der Waals surface area (Å²) in [5.74, 6) is 0.455. The van der Waals surface area contributed by atoms with Gasteiger partial charge in [0, 0.05) is 24.2 Å². The molecule has 2 aromatic rings. The van der Waals surface area contributed by atoms with Crippen molar-refractivity contribution in [3.8, 4) is 5.88 Å². The zero-order chi connectivity index (χ0) is 20.0. The van der Waals surface area contributed by atoms with Crippen LogP contribution in [-0.2, 0) is 22.5 Å². The number of ether oxygens (including phenoxy) is 1. The van der Waals surface area contributed by atoms with Crippen LogP contribution in [0.4, 0.5) is 13.2 Å². The third-order valence-corrected chi connectivity index (χ3v) is 3.93. The van der Waals surface area contributed by atoms with Crippen LogP contribution in [0.2, 0.25) is 0 Å². The van der Waals surface area contributed by atoms with Gasteiger partial charge in [-0.1, -0.05) is 22.4 Å². The van der Waals surface area contributed by atoms with Gasteiger partial charge in [-0.2, -0.15) is 13.2 Å². The van der Waals surface area contributed by atoms with Crippen molar-refractivity contribution in [1.82, 2.24) is 4.98 Å². The second-order valence-corrected chi connectivity index (χ2v) is 6.06. The monoisotopic (exact) mass is 393 g/mol.